The van der Waals surface area contributed by atoms with E-state index in [9.17, 15) is 4.79 Å². The van der Waals surface area contributed by atoms with E-state index in [-0.39, 0.29) is 0 Å². The summed E-state index contributed by atoms with van der Waals surface area (Å²) >= 11 is 1.50. The maximum Gasteiger partial charge on any atom is 0.500 e. The van der Waals surface area contributed by atoms with E-state index < -0.39 is 8.80 Å². The Kier molecular flexibility index (Phi) is 22.4. The smallest absolute Gasteiger partial charge is 0.374 e. The third-order valence-electron chi connectivity index (χ3n) is 5.22. The van der Waals surface area contributed by atoms with Crippen molar-refractivity contribution < 1.29 is 18.1 Å². The van der Waals surface area contributed by atoms with Crippen LogP contribution in [-0.4, -0.2) is 39.5 Å². The maximum absolute atomic E-state index is 12.1. The van der Waals surface area contributed by atoms with Crippen LogP contribution in [0.3, 0.4) is 0 Å². The van der Waals surface area contributed by atoms with Crippen LogP contribution in [0.2, 0.25) is 6.04 Å². The predicted molar refractivity (Wildman–Crippen MR) is 133 cm³/mol. The number of rotatable bonds is 23. The van der Waals surface area contributed by atoms with Crippen LogP contribution in [0.4, 0.5) is 0 Å². The molecule has 0 aromatic carbocycles. The van der Waals surface area contributed by atoms with E-state index in [2.05, 4.69) is 6.92 Å². The first kappa shape index (κ1) is 30.1. The van der Waals surface area contributed by atoms with Gasteiger partial charge in [-0.2, -0.15) is 0 Å². The minimum Gasteiger partial charge on any atom is -0.374 e. The van der Waals surface area contributed by atoms with E-state index >= 15 is 0 Å². The van der Waals surface area contributed by atoms with E-state index in [0.717, 1.165) is 37.5 Å². The van der Waals surface area contributed by atoms with Crippen LogP contribution in [0.25, 0.3) is 0 Å². The normalized spacial score (nSPS) is 11.9. The SMILES string of the molecule is CCCCCCCCCCCCCC(=O)SCCCC[Si](OCC)(OCC)OCC. The lowest BCUT2D eigenvalue weighted by molar-refractivity contribution is -0.111. The number of carbonyl (C=O) groups is 1. The lowest BCUT2D eigenvalue weighted by atomic mass is 10.1. The summed E-state index contributed by atoms with van der Waals surface area (Å²) in [5.41, 5.74) is 0. The van der Waals surface area contributed by atoms with Gasteiger partial charge in [-0.1, -0.05) is 82.9 Å². The van der Waals surface area contributed by atoms with Gasteiger partial charge in [0.15, 0.2) is 5.12 Å². The molecular formula is C24H50O4SSi. The molecule has 0 atom stereocenters. The fourth-order valence-corrected chi connectivity index (χ4v) is 7.19. The van der Waals surface area contributed by atoms with Gasteiger partial charge in [0, 0.05) is 38.0 Å². The zero-order valence-corrected chi connectivity index (χ0v) is 22.3. The van der Waals surface area contributed by atoms with Crippen LogP contribution in [0.5, 0.6) is 0 Å². The third-order valence-corrected chi connectivity index (χ3v) is 9.39. The van der Waals surface area contributed by atoms with Gasteiger partial charge in [0.05, 0.1) is 0 Å². The lowest BCUT2D eigenvalue weighted by Crippen LogP contribution is -2.45. The number of hydrogen-bond donors (Lipinski definition) is 0. The lowest BCUT2D eigenvalue weighted by Gasteiger charge is -2.28. The average molecular weight is 463 g/mol. The van der Waals surface area contributed by atoms with E-state index in [1.807, 2.05) is 20.8 Å². The topological polar surface area (TPSA) is 44.8 Å². The van der Waals surface area contributed by atoms with Gasteiger partial charge in [0.1, 0.15) is 0 Å². The molecule has 6 heteroatoms. The third kappa shape index (κ3) is 17.8. The quantitative estimate of drug-likeness (QED) is 0.115. The van der Waals surface area contributed by atoms with Crippen molar-refractivity contribution in [3.05, 3.63) is 0 Å². The van der Waals surface area contributed by atoms with Crippen molar-refractivity contribution in [1.29, 1.82) is 0 Å². The summed E-state index contributed by atoms with van der Waals surface area (Å²) < 4.78 is 17.6. The highest BCUT2D eigenvalue weighted by molar-refractivity contribution is 8.13. The summed E-state index contributed by atoms with van der Waals surface area (Å²) in [6.07, 6.45) is 17.3. The first-order valence-corrected chi connectivity index (χ1v) is 15.6. The van der Waals surface area contributed by atoms with Gasteiger partial charge in [-0.15, -0.1) is 0 Å². The second-order valence-electron chi connectivity index (χ2n) is 7.95. The second kappa shape index (κ2) is 22.3. The van der Waals surface area contributed by atoms with E-state index in [4.69, 9.17) is 13.3 Å². The summed E-state index contributed by atoms with van der Waals surface area (Å²) in [5, 5.41) is 0.355. The van der Waals surface area contributed by atoms with E-state index in [1.165, 1.54) is 76.0 Å². The van der Waals surface area contributed by atoms with Gasteiger partial charge in [0.2, 0.25) is 0 Å². The molecule has 0 radical (unpaired) electrons. The molecule has 0 unspecified atom stereocenters. The summed E-state index contributed by atoms with van der Waals surface area (Å²) in [6, 6.07) is 0.843. The highest BCUT2D eigenvalue weighted by atomic mass is 32.2. The van der Waals surface area contributed by atoms with Crippen molar-refractivity contribution in [2.45, 2.75) is 124 Å². The van der Waals surface area contributed by atoms with Crippen LogP contribution in [-0.2, 0) is 18.1 Å². The maximum atomic E-state index is 12.1. The molecule has 0 saturated carbocycles. The van der Waals surface area contributed by atoms with Gasteiger partial charge < -0.3 is 13.3 Å². The zero-order chi connectivity index (χ0) is 22.3. The minimum absolute atomic E-state index is 0.355. The monoisotopic (exact) mass is 462 g/mol. The molecule has 0 aliphatic rings. The Morgan fingerprint density at radius 3 is 1.57 bits per heavy atom. The Morgan fingerprint density at radius 2 is 1.10 bits per heavy atom. The van der Waals surface area contributed by atoms with Crippen LogP contribution in [0.1, 0.15) is 118 Å². The molecule has 4 nitrogen and oxygen atoms in total. The fraction of sp³-hybridized carbons (Fsp3) is 0.958. The Balaban J connectivity index is 3.62. The molecule has 180 valence electrons. The van der Waals surface area contributed by atoms with Crippen molar-refractivity contribution in [1.82, 2.24) is 0 Å². The van der Waals surface area contributed by atoms with Gasteiger partial charge in [-0.25, -0.2) is 0 Å². The summed E-state index contributed by atoms with van der Waals surface area (Å²) in [4.78, 5) is 12.1. The molecule has 0 fully saturated rings. The highest BCUT2D eigenvalue weighted by Crippen LogP contribution is 2.21. The molecule has 0 N–H and O–H groups in total. The minimum atomic E-state index is -2.52. The average Bonchev–Trinajstić information content (AvgIpc) is 2.72. The number of carbonyl (C=O) groups excluding carboxylic acids is 1. The van der Waals surface area contributed by atoms with Gasteiger partial charge >= 0.3 is 8.80 Å². The molecule has 30 heavy (non-hydrogen) atoms. The molecule has 0 rings (SSSR count). The van der Waals surface area contributed by atoms with Gasteiger partial charge in [-0.3, -0.25) is 4.79 Å². The first-order valence-electron chi connectivity index (χ1n) is 12.7. The van der Waals surface area contributed by atoms with Crippen LogP contribution in [0.15, 0.2) is 0 Å². The zero-order valence-electron chi connectivity index (χ0n) is 20.5. The Morgan fingerprint density at radius 1 is 0.633 bits per heavy atom. The summed E-state index contributed by atoms with van der Waals surface area (Å²) in [7, 11) is -2.52. The standard InChI is InChI=1S/C24H50O4SSi/c1-5-9-10-11-12-13-14-15-16-17-18-21-24(25)29-22-19-20-23-30(26-6-2,27-7-3)28-8-4/h5-23H2,1-4H3. The molecule has 0 bridgehead atoms. The van der Waals surface area contributed by atoms with Crippen molar-refractivity contribution in [3.8, 4) is 0 Å². The Bertz CT molecular complexity index is 365. The molecular weight excluding hydrogens is 412 g/mol. The van der Waals surface area contributed by atoms with E-state index in [0.29, 0.717) is 24.9 Å². The molecule has 0 saturated heterocycles. The molecule has 0 spiro atoms. The molecule has 0 aromatic heterocycles. The largest absolute Gasteiger partial charge is 0.500 e. The predicted octanol–water partition coefficient (Wildman–Crippen LogP) is 7.78. The fourth-order valence-electron chi connectivity index (χ4n) is 3.64. The van der Waals surface area contributed by atoms with Crippen molar-refractivity contribution >= 4 is 25.7 Å². The van der Waals surface area contributed by atoms with Crippen molar-refractivity contribution in [3.63, 3.8) is 0 Å². The molecule has 0 aliphatic heterocycles. The Labute approximate surface area is 193 Å². The van der Waals surface area contributed by atoms with Crippen LogP contribution >= 0.6 is 11.8 Å². The number of unbranched alkanes of at least 4 members (excludes halogenated alkanes) is 11. The van der Waals surface area contributed by atoms with Crippen LogP contribution in [0, 0.1) is 0 Å². The van der Waals surface area contributed by atoms with Crippen LogP contribution < -0.4 is 0 Å². The summed E-state index contributed by atoms with van der Waals surface area (Å²) in [6.45, 7) is 10.1. The molecule has 0 aliphatic carbocycles. The number of thioether (sulfide) groups is 1. The van der Waals surface area contributed by atoms with Crippen molar-refractivity contribution in [2.75, 3.05) is 25.6 Å². The van der Waals surface area contributed by atoms with Crippen molar-refractivity contribution in [2.24, 2.45) is 0 Å². The second-order valence-corrected chi connectivity index (χ2v) is 11.8. The highest BCUT2D eigenvalue weighted by Gasteiger charge is 2.39. The Hall–Kier alpha value is 0.117. The van der Waals surface area contributed by atoms with E-state index in [1.54, 1.807) is 0 Å². The first-order chi connectivity index (χ1) is 14.6. The number of hydrogen-bond acceptors (Lipinski definition) is 5. The molecule has 0 aromatic rings. The molecule has 0 heterocycles. The van der Waals surface area contributed by atoms with Gasteiger partial charge in [0.25, 0.3) is 0 Å². The molecule has 0 amide bonds. The summed E-state index contributed by atoms with van der Waals surface area (Å²) in [5.74, 6) is 0.895. The van der Waals surface area contributed by atoms with Gasteiger partial charge in [-0.05, 0) is 40.0 Å².